The molecule has 1 saturated heterocycles. The predicted molar refractivity (Wildman–Crippen MR) is 95.6 cm³/mol. The van der Waals surface area contributed by atoms with E-state index in [1.165, 1.54) is 7.11 Å². The lowest BCUT2D eigenvalue weighted by Crippen LogP contribution is -2.48. The molecular weight excluding hydrogens is 377 g/mol. The number of hydrogen-bond donors (Lipinski definition) is 1. The predicted octanol–water partition coefficient (Wildman–Crippen LogP) is 2.08. The molecule has 1 aliphatic heterocycles. The van der Waals surface area contributed by atoms with Crippen LogP contribution in [0, 0.1) is 15.9 Å². The standard InChI is InChI=1S/C17H18FN3O5S/c1-26-15-7-3-2-5-12(15)14-11-19-9-10-20(14)27(24,25)16-8-4-6-13(18)17(16)21(22)23/h2-8,14,19H,9-11H2,1H3. The Morgan fingerprint density at radius 1 is 1.26 bits per heavy atom. The highest BCUT2D eigenvalue weighted by Crippen LogP contribution is 2.36. The fourth-order valence-electron chi connectivity index (χ4n) is 3.19. The first-order chi connectivity index (χ1) is 12.9. The summed E-state index contributed by atoms with van der Waals surface area (Å²) in [7, 11) is -2.85. The Balaban J connectivity index is 2.13. The molecule has 0 spiro atoms. The molecule has 2 aromatic rings. The van der Waals surface area contributed by atoms with Crippen LogP contribution < -0.4 is 10.1 Å². The number of rotatable bonds is 5. The monoisotopic (exact) mass is 395 g/mol. The van der Waals surface area contributed by atoms with Crippen molar-refractivity contribution in [2.24, 2.45) is 0 Å². The number of nitrogens with one attached hydrogen (secondary N) is 1. The summed E-state index contributed by atoms with van der Waals surface area (Å²) in [6.07, 6.45) is 0. The molecule has 0 aliphatic carbocycles. The third-order valence-corrected chi connectivity index (χ3v) is 6.35. The lowest BCUT2D eigenvalue weighted by atomic mass is 10.0. The molecule has 1 unspecified atom stereocenters. The molecule has 10 heteroatoms. The minimum absolute atomic E-state index is 0.0821. The number of nitrogens with zero attached hydrogens (tertiary/aromatic N) is 2. The maximum atomic E-state index is 14.0. The Hall–Kier alpha value is -2.56. The molecule has 0 radical (unpaired) electrons. The van der Waals surface area contributed by atoms with Crippen molar-refractivity contribution in [2.75, 3.05) is 26.7 Å². The van der Waals surface area contributed by atoms with Crippen molar-refractivity contribution in [1.82, 2.24) is 9.62 Å². The van der Waals surface area contributed by atoms with E-state index < -0.39 is 37.4 Å². The van der Waals surface area contributed by atoms with Gasteiger partial charge in [0.25, 0.3) is 10.0 Å². The maximum Gasteiger partial charge on any atom is 0.324 e. The number of para-hydroxylation sites is 2. The fraction of sp³-hybridized carbons (Fsp3) is 0.294. The van der Waals surface area contributed by atoms with Gasteiger partial charge in [0.1, 0.15) is 5.75 Å². The Bertz CT molecular complexity index is 967. The largest absolute Gasteiger partial charge is 0.496 e. The zero-order valence-corrected chi connectivity index (χ0v) is 15.3. The molecule has 1 aliphatic rings. The van der Waals surface area contributed by atoms with Crippen molar-refractivity contribution < 1.29 is 22.5 Å². The van der Waals surface area contributed by atoms with Gasteiger partial charge in [0.15, 0.2) is 4.90 Å². The molecule has 3 rings (SSSR count). The Labute approximate surface area is 155 Å². The van der Waals surface area contributed by atoms with Gasteiger partial charge >= 0.3 is 5.69 Å². The summed E-state index contributed by atoms with van der Waals surface area (Å²) in [4.78, 5) is 9.60. The number of methoxy groups -OCH3 is 1. The maximum absolute atomic E-state index is 14.0. The lowest BCUT2D eigenvalue weighted by Gasteiger charge is -2.35. The van der Waals surface area contributed by atoms with E-state index in [0.717, 1.165) is 22.5 Å². The van der Waals surface area contributed by atoms with Crippen molar-refractivity contribution in [3.63, 3.8) is 0 Å². The van der Waals surface area contributed by atoms with E-state index in [2.05, 4.69) is 5.32 Å². The van der Waals surface area contributed by atoms with Crippen molar-refractivity contribution in [1.29, 1.82) is 0 Å². The minimum Gasteiger partial charge on any atom is -0.496 e. The second-order valence-corrected chi connectivity index (χ2v) is 7.78. The van der Waals surface area contributed by atoms with Crippen molar-refractivity contribution >= 4 is 15.7 Å². The Kier molecular flexibility index (Phi) is 5.40. The molecular formula is C17H18FN3O5S. The Morgan fingerprint density at radius 3 is 2.70 bits per heavy atom. The molecule has 1 fully saturated rings. The summed E-state index contributed by atoms with van der Waals surface area (Å²) in [5.74, 6) is -0.690. The molecule has 0 amide bonds. The molecule has 0 saturated carbocycles. The van der Waals surface area contributed by atoms with Crippen LogP contribution in [0.1, 0.15) is 11.6 Å². The summed E-state index contributed by atoms with van der Waals surface area (Å²) in [5.41, 5.74) is -0.426. The number of nitro groups is 1. The highest BCUT2D eigenvalue weighted by Gasteiger charge is 2.40. The van der Waals surface area contributed by atoms with Gasteiger partial charge in [-0.05, 0) is 18.2 Å². The highest BCUT2D eigenvalue weighted by atomic mass is 32.2. The van der Waals surface area contributed by atoms with Crippen LogP contribution in [0.5, 0.6) is 5.75 Å². The van der Waals surface area contributed by atoms with Crippen LogP contribution in [-0.4, -0.2) is 44.4 Å². The van der Waals surface area contributed by atoms with Gasteiger partial charge in [-0.15, -0.1) is 0 Å². The van der Waals surface area contributed by atoms with Crippen LogP contribution in [0.15, 0.2) is 47.4 Å². The molecule has 1 heterocycles. The number of nitro benzene ring substituents is 1. The lowest BCUT2D eigenvalue weighted by molar-refractivity contribution is -0.390. The summed E-state index contributed by atoms with van der Waals surface area (Å²) in [6, 6.07) is 9.37. The van der Waals surface area contributed by atoms with E-state index in [1.807, 2.05) is 0 Å². The van der Waals surface area contributed by atoms with Crippen LogP contribution in [-0.2, 0) is 10.0 Å². The molecule has 27 heavy (non-hydrogen) atoms. The first-order valence-corrected chi connectivity index (χ1v) is 9.60. The minimum atomic E-state index is -4.33. The molecule has 1 atom stereocenters. The second kappa shape index (κ2) is 7.59. The smallest absolute Gasteiger partial charge is 0.324 e. The summed E-state index contributed by atoms with van der Waals surface area (Å²) in [5, 5.41) is 14.4. The van der Waals surface area contributed by atoms with Gasteiger partial charge < -0.3 is 10.1 Å². The van der Waals surface area contributed by atoms with Gasteiger partial charge in [0, 0.05) is 25.2 Å². The average molecular weight is 395 g/mol. The number of ether oxygens (including phenoxy) is 1. The summed E-state index contributed by atoms with van der Waals surface area (Å²) < 4.78 is 46.9. The first kappa shape index (κ1) is 19.2. The third-order valence-electron chi connectivity index (χ3n) is 4.41. The Morgan fingerprint density at radius 2 is 2.00 bits per heavy atom. The van der Waals surface area contributed by atoms with Crippen LogP contribution >= 0.6 is 0 Å². The van der Waals surface area contributed by atoms with Crippen molar-refractivity contribution in [3.8, 4) is 5.75 Å². The number of halogens is 1. The number of sulfonamides is 1. The number of piperazine rings is 1. The van der Waals surface area contributed by atoms with E-state index in [-0.39, 0.29) is 6.54 Å². The molecule has 0 bridgehead atoms. The van der Waals surface area contributed by atoms with Crippen LogP contribution in [0.25, 0.3) is 0 Å². The number of hydrogen-bond acceptors (Lipinski definition) is 6. The average Bonchev–Trinajstić information content (AvgIpc) is 2.67. The van der Waals surface area contributed by atoms with Gasteiger partial charge in [-0.2, -0.15) is 8.70 Å². The molecule has 8 nitrogen and oxygen atoms in total. The van der Waals surface area contributed by atoms with E-state index >= 15 is 0 Å². The van der Waals surface area contributed by atoms with Crippen LogP contribution in [0.3, 0.4) is 0 Å². The van der Waals surface area contributed by atoms with E-state index in [4.69, 9.17) is 4.74 Å². The molecule has 0 aromatic heterocycles. The fourth-order valence-corrected chi connectivity index (χ4v) is 4.96. The van der Waals surface area contributed by atoms with Gasteiger partial charge in [0.05, 0.1) is 18.1 Å². The zero-order chi connectivity index (χ0) is 19.6. The topological polar surface area (TPSA) is 102 Å². The van der Waals surface area contributed by atoms with Crippen LogP contribution in [0.2, 0.25) is 0 Å². The quantitative estimate of drug-likeness (QED) is 0.614. The van der Waals surface area contributed by atoms with Gasteiger partial charge in [-0.1, -0.05) is 24.3 Å². The van der Waals surface area contributed by atoms with E-state index in [9.17, 15) is 22.9 Å². The van der Waals surface area contributed by atoms with Crippen LogP contribution in [0.4, 0.5) is 10.1 Å². The summed E-state index contributed by atoms with van der Waals surface area (Å²) in [6.45, 7) is 0.745. The first-order valence-electron chi connectivity index (χ1n) is 8.16. The van der Waals surface area contributed by atoms with Gasteiger partial charge in [0.2, 0.25) is 5.82 Å². The van der Waals surface area contributed by atoms with Gasteiger partial charge in [-0.3, -0.25) is 10.1 Å². The van der Waals surface area contributed by atoms with Crippen molar-refractivity contribution in [3.05, 3.63) is 64.0 Å². The normalized spacial score (nSPS) is 18.2. The van der Waals surface area contributed by atoms with Gasteiger partial charge in [-0.25, -0.2) is 8.42 Å². The third kappa shape index (κ3) is 3.51. The zero-order valence-electron chi connectivity index (χ0n) is 14.5. The van der Waals surface area contributed by atoms with Crippen molar-refractivity contribution in [2.45, 2.75) is 10.9 Å². The van der Waals surface area contributed by atoms with E-state index in [0.29, 0.717) is 24.4 Å². The summed E-state index contributed by atoms with van der Waals surface area (Å²) >= 11 is 0. The molecule has 1 N–H and O–H groups in total. The van der Waals surface area contributed by atoms with E-state index in [1.54, 1.807) is 24.3 Å². The second-order valence-electron chi connectivity index (χ2n) is 5.92. The number of benzene rings is 2. The highest BCUT2D eigenvalue weighted by molar-refractivity contribution is 7.89. The molecule has 2 aromatic carbocycles. The molecule has 144 valence electrons. The SMILES string of the molecule is COc1ccccc1C1CNCCN1S(=O)(=O)c1cccc(F)c1[N+](=O)[O-].